The number of hydrogen-bond acceptors (Lipinski definition) is 4. The van der Waals surface area contributed by atoms with Gasteiger partial charge in [-0.15, -0.1) is 0 Å². The van der Waals surface area contributed by atoms with E-state index in [0.717, 1.165) is 29.5 Å². The van der Waals surface area contributed by atoms with Crippen molar-refractivity contribution >= 4 is 5.91 Å². The lowest BCUT2D eigenvalue weighted by Gasteiger charge is -2.56. The summed E-state index contributed by atoms with van der Waals surface area (Å²) < 4.78 is 5.30. The topological polar surface area (TPSA) is 59.2 Å². The van der Waals surface area contributed by atoms with Gasteiger partial charge in [-0.3, -0.25) is 4.79 Å². The van der Waals surface area contributed by atoms with E-state index in [9.17, 15) is 4.79 Å². The predicted octanol–water partition coefficient (Wildman–Crippen LogP) is 3.16. The molecule has 5 heteroatoms. The highest BCUT2D eigenvalue weighted by molar-refractivity contribution is 5.76. The lowest BCUT2D eigenvalue weighted by molar-refractivity contribution is -0.141. The standard InChI is InChI=1S/C19H27N3O2/c1-22(18-14-7-11-6-12(9-14)10-15(18)8-11)17(23)5-4-16-20-19(21-24-16)13-2-3-13/h11-15,18H,2-10H2,1H3. The molecular weight excluding hydrogens is 302 g/mol. The first-order valence-corrected chi connectivity index (χ1v) is 9.75. The molecule has 0 unspecified atom stereocenters. The van der Waals surface area contributed by atoms with Gasteiger partial charge in [0.05, 0.1) is 0 Å². The van der Waals surface area contributed by atoms with Gasteiger partial charge < -0.3 is 9.42 Å². The van der Waals surface area contributed by atoms with E-state index in [-0.39, 0.29) is 5.91 Å². The molecule has 0 atom stereocenters. The summed E-state index contributed by atoms with van der Waals surface area (Å²) in [7, 11) is 2.03. The fourth-order valence-electron chi connectivity index (χ4n) is 5.96. The Hall–Kier alpha value is -1.39. The number of rotatable bonds is 5. The highest BCUT2D eigenvalue weighted by Gasteiger charge is 2.50. The Bertz CT molecular complexity index is 608. The number of carbonyl (C=O) groups excluding carboxylic acids is 1. The third-order valence-electron chi connectivity index (χ3n) is 7.00. The van der Waals surface area contributed by atoms with Crippen LogP contribution in [0.1, 0.15) is 69.0 Å². The molecule has 5 aliphatic carbocycles. The molecule has 0 saturated heterocycles. The quantitative estimate of drug-likeness (QED) is 0.832. The second kappa shape index (κ2) is 5.57. The van der Waals surface area contributed by atoms with Gasteiger partial charge in [-0.25, -0.2) is 0 Å². The molecule has 0 N–H and O–H groups in total. The maximum absolute atomic E-state index is 12.7. The van der Waals surface area contributed by atoms with Crippen molar-refractivity contribution in [3.63, 3.8) is 0 Å². The normalized spacial score (nSPS) is 37.0. The molecule has 24 heavy (non-hydrogen) atoms. The van der Waals surface area contributed by atoms with Gasteiger partial charge in [0.2, 0.25) is 11.8 Å². The van der Waals surface area contributed by atoms with Gasteiger partial charge in [0.15, 0.2) is 5.82 Å². The zero-order valence-corrected chi connectivity index (χ0v) is 14.5. The number of amides is 1. The maximum Gasteiger partial charge on any atom is 0.227 e. The lowest BCUT2D eigenvalue weighted by Crippen LogP contribution is -2.56. The third-order valence-corrected chi connectivity index (χ3v) is 7.00. The van der Waals surface area contributed by atoms with Crippen molar-refractivity contribution in [2.75, 3.05) is 7.05 Å². The summed E-state index contributed by atoms with van der Waals surface area (Å²) in [6.45, 7) is 0. The Balaban J connectivity index is 1.20. The number of aromatic nitrogens is 2. The molecule has 0 spiro atoms. The van der Waals surface area contributed by atoms with Crippen LogP contribution in [0.15, 0.2) is 4.52 Å². The largest absolute Gasteiger partial charge is 0.342 e. The Labute approximate surface area is 143 Å². The lowest BCUT2D eigenvalue weighted by atomic mass is 9.54. The van der Waals surface area contributed by atoms with E-state index in [2.05, 4.69) is 15.0 Å². The highest BCUT2D eigenvalue weighted by atomic mass is 16.5. The fourth-order valence-corrected chi connectivity index (χ4v) is 5.96. The van der Waals surface area contributed by atoms with Gasteiger partial charge in [0.1, 0.15) is 0 Å². The number of nitrogens with zero attached hydrogens (tertiary/aromatic N) is 3. The SMILES string of the molecule is CN(C(=O)CCc1nc(C2CC2)no1)C1C2CC3CC(C2)CC1C3. The van der Waals surface area contributed by atoms with Crippen molar-refractivity contribution in [3.8, 4) is 0 Å². The molecule has 6 rings (SSSR count). The minimum Gasteiger partial charge on any atom is -0.342 e. The van der Waals surface area contributed by atoms with E-state index in [1.165, 1.54) is 44.9 Å². The molecule has 5 nitrogen and oxygen atoms in total. The zero-order chi connectivity index (χ0) is 16.3. The van der Waals surface area contributed by atoms with Crippen molar-refractivity contribution in [3.05, 3.63) is 11.7 Å². The van der Waals surface area contributed by atoms with Crippen molar-refractivity contribution < 1.29 is 9.32 Å². The van der Waals surface area contributed by atoms with Crippen molar-refractivity contribution in [2.24, 2.45) is 23.7 Å². The molecule has 1 aromatic rings. The van der Waals surface area contributed by atoms with Gasteiger partial charge in [0, 0.05) is 31.8 Å². The fraction of sp³-hybridized carbons (Fsp3) is 0.842. The van der Waals surface area contributed by atoms with Crippen LogP contribution in [0.3, 0.4) is 0 Å². The molecular formula is C19H27N3O2. The molecule has 0 radical (unpaired) electrons. The summed E-state index contributed by atoms with van der Waals surface area (Å²) in [6, 6.07) is 0.481. The minimum absolute atomic E-state index is 0.249. The average molecular weight is 329 g/mol. The maximum atomic E-state index is 12.7. The zero-order valence-electron chi connectivity index (χ0n) is 14.5. The summed E-state index contributed by atoms with van der Waals surface area (Å²) in [5.41, 5.74) is 0. The molecule has 1 heterocycles. The first-order chi connectivity index (χ1) is 11.7. The van der Waals surface area contributed by atoms with E-state index in [1.54, 1.807) is 0 Å². The third kappa shape index (κ3) is 2.56. The van der Waals surface area contributed by atoms with Gasteiger partial charge in [-0.2, -0.15) is 4.98 Å². The van der Waals surface area contributed by atoms with Crippen LogP contribution in [0, 0.1) is 23.7 Å². The van der Waals surface area contributed by atoms with Crippen LogP contribution < -0.4 is 0 Å². The first kappa shape index (κ1) is 14.9. The predicted molar refractivity (Wildman–Crippen MR) is 88.2 cm³/mol. The summed E-state index contributed by atoms with van der Waals surface area (Å²) >= 11 is 0. The van der Waals surface area contributed by atoms with Crippen LogP contribution in [0.2, 0.25) is 0 Å². The molecule has 5 aliphatic rings. The summed E-state index contributed by atoms with van der Waals surface area (Å²) in [5.74, 6) is 5.63. The van der Waals surface area contributed by atoms with Crippen molar-refractivity contribution in [1.29, 1.82) is 0 Å². The van der Waals surface area contributed by atoms with Crippen LogP contribution in [0.5, 0.6) is 0 Å². The van der Waals surface area contributed by atoms with Crippen molar-refractivity contribution in [2.45, 2.75) is 69.7 Å². The molecule has 5 saturated carbocycles. The van der Waals surface area contributed by atoms with Crippen LogP contribution in [-0.4, -0.2) is 34.0 Å². The van der Waals surface area contributed by atoms with Crippen LogP contribution in [0.25, 0.3) is 0 Å². The Morgan fingerprint density at radius 3 is 2.42 bits per heavy atom. The van der Waals surface area contributed by atoms with E-state index in [1.807, 2.05) is 7.05 Å². The molecule has 1 aromatic heterocycles. The molecule has 1 amide bonds. The van der Waals surface area contributed by atoms with Gasteiger partial charge >= 0.3 is 0 Å². The summed E-state index contributed by atoms with van der Waals surface area (Å²) in [4.78, 5) is 19.2. The molecule has 5 fully saturated rings. The van der Waals surface area contributed by atoms with E-state index < -0.39 is 0 Å². The van der Waals surface area contributed by atoms with E-state index >= 15 is 0 Å². The van der Waals surface area contributed by atoms with Crippen LogP contribution in [-0.2, 0) is 11.2 Å². The van der Waals surface area contributed by atoms with Crippen molar-refractivity contribution in [1.82, 2.24) is 15.0 Å². The van der Waals surface area contributed by atoms with E-state index in [0.29, 0.717) is 30.7 Å². The molecule has 130 valence electrons. The highest BCUT2D eigenvalue weighted by Crippen LogP contribution is 2.55. The Morgan fingerprint density at radius 2 is 1.79 bits per heavy atom. The number of aryl methyl sites for hydroxylation is 1. The first-order valence-electron chi connectivity index (χ1n) is 9.75. The molecule has 0 aromatic carbocycles. The Morgan fingerprint density at radius 1 is 1.12 bits per heavy atom. The van der Waals surface area contributed by atoms with Crippen LogP contribution in [0.4, 0.5) is 0 Å². The molecule has 0 aliphatic heterocycles. The van der Waals surface area contributed by atoms with Gasteiger partial charge in [0.25, 0.3) is 0 Å². The van der Waals surface area contributed by atoms with E-state index in [4.69, 9.17) is 4.52 Å². The summed E-state index contributed by atoms with van der Waals surface area (Å²) in [5, 5.41) is 4.04. The molecule has 4 bridgehead atoms. The number of hydrogen-bond donors (Lipinski definition) is 0. The number of carbonyl (C=O) groups is 1. The smallest absolute Gasteiger partial charge is 0.227 e. The average Bonchev–Trinajstić information content (AvgIpc) is 3.30. The van der Waals surface area contributed by atoms with Crippen LogP contribution >= 0.6 is 0 Å². The van der Waals surface area contributed by atoms with Gasteiger partial charge in [-0.05, 0) is 68.6 Å². The second-order valence-corrected chi connectivity index (χ2v) is 8.75. The minimum atomic E-state index is 0.249. The van der Waals surface area contributed by atoms with Gasteiger partial charge in [-0.1, -0.05) is 5.16 Å². The monoisotopic (exact) mass is 329 g/mol. The Kier molecular flexibility index (Phi) is 3.46. The second-order valence-electron chi connectivity index (χ2n) is 8.75. The summed E-state index contributed by atoms with van der Waals surface area (Å²) in [6.07, 6.45) is 10.3.